The summed E-state index contributed by atoms with van der Waals surface area (Å²) in [5.74, 6) is 0. The smallest absolute Gasteiger partial charge is 0 e. The first-order valence-electron chi connectivity index (χ1n) is 3.63. The van der Waals surface area contributed by atoms with Gasteiger partial charge in [0.25, 0.3) is 0 Å². The summed E-state index contributed by atoms with van der Waals surface area (Å²) >= 11 is 0. The fourth-order valence-corrected chi connectivity index (χ4v) is 0.786. The fraction of sp³-hybridized carbons (Fsp3) is 0.200. The van der Waals surface area contributed by atoms with Crippen molar-refractivity contribution in [1.82, 2.24) is 0 Å². The number of hydrogen-bond donors (Lipinski definition) is 0. The minimum absolute atomic E-state index is 0. The van der Waals surface area contributed by atoms with Crippen molar-refractivity contribution in [2.75, 3.05) is 0 Å². The maximum absolute atomic E-state index is 2.12. The Morgan fingerprint density at radius 1 is 0.545 bits per heavy atom. The second kappa shape index (κ2) is 8.06. The number of rotatable bonds is 0. The maximum atomic E-state index is 2.12. The first-order chi connectivity index (χ1) is 5.00. The minimum Gasteiger partial charge on any atom is -0.0808 e. The van der Waals surface area contributed by atoms with Gasteiger partial charge in [0.1, 0.15) is 0 Å². The number of allylic oxidation sites excluding steroid dienone is 8. The molecular weight excluding hydrogens is 143 g/mol. The van der Waals surface area contributed by atoms with Crippen LogP contribution >= 0.6 is 0 Å². The molecule has 0 heterocycles. The molecule has 0 nitrogen and oxygen atoms in total. The van der Waals surface area contributed by atoms with Crippen molar-refractivity contribution in [2.45, 2.75) is 12.8 Å². The molecule has 0 aliphatic heterocycles. The van der Waals surface area contributed by atoms with Crippen LogP contribution < -0.4 is 0 Å². The monoisotopic (exact) mass is 155 g/mol. The van der Waals surface area contributed by atoms with Crippen LogP contribution in [-0.2, 0) is 0 Å². The molecule has 1 radical (unpaired) electrons. The predicted molar refractivity (Wildman–Crippen MR) is 51.5 cm³/mol. The Morgan fingerprint density at radius 2 is 0.818 bits per heavy atom. The molecule has 0 fully saturated rings. The molecule has 11 heavy (non-hydrogen) atoms. The molecule has 0 amide bonds. The maximum Gasteiger partial charge on any atom is 0 e. The summed E-state index contributed by atoms with van der Waals surface area (Å²) in [6.45, 7) is 0. The normalized spacial score (nSPS) is 16.0. The summed E-state index contributed by atoms with van der Waals surface area (Å²) in [6.07, 6.45) is 19.0. The summed E-state index contributed by atoms with van der Waals surface area (Å²) < 4.78 is 0. The van der Waals surface area contributed by atoms with E-state index in [0.29, 0.717) is 0 Å². The van der Waals surface area contributed by atoms with Crippen LogP contribution in [0.1, 0.15) is 12.8 Å². The molecule has 0 aromatic rings. The van der Waals surface area contributed by atoms with Gasteiger partial charge in [-0.3, -0.25) is 0 Å². The van der Waals surface area contributed by atoms with Crippen molar-refractivity contribution in [3.63, 3.8) is 0 Å². The molecular formula is C10H12Na. The molecule has 0 atom stereocenters. The summed E-state index contributed by atoms with van der Waals surface area (Å²) in [6, 6.07) is 0. The molecule has 2 rings (SSSR count). The van der Waals surface area contributed by atoms with Gasteiger partial charge in [-0.25, -0.2) is 0 Å². The molecule has 0 unspecified atom stereocenters. The Bertz CT molecular complexity index is 143. The van der Waals surface area contributed by atoms with Gasteiger partial charge in [-0.15, -0.1) is 0 Å². The zero-order chi connectivity index (χ0) is 7.07. The standard InChI is InChI=1S/2C5H6.Na/c2*1-2-4-5-3-1;/h2*1-4H,5H2;. The van der Waals surface area contributed by atoms with E-state index >= 15 is 0 Å². The van der Waals surface area contributed by atoms with Gasteiger partial charge in [0.15, 0.2) is 0 Å². The van der Waals surface area contributed by atoms with Crippen LogP contribution in [0.4, 0.5) is 0 Å². The quantitative estimate of drug-likeness (QED) is 0.472. The fourth-order valence-electron chi connectivity index (χ4n) is 0.786. The molecule has 0 N–H and O–H groups in total. The van der Waals surface area contributed by atoms with Crippen LogP contribution in [0.2, 0.25) is 0 Å². The van der Waals surface area contributed by atoms with Crippen LogP contribution in [0.3, 0.4) is 0 Å². The van der Waals surface area contributed by atoms with Gasteiger partial charge in [0, 0.05) is 29.6 Å². The summed E-state index contributed by atoms with van der Waals surface area (Å²) in [5.41, 5.74) is 0. The van der Waals surface area contributed by atoms with Crippen LogP contribution in [0.25, 0.3) is 0 Å². The summed E-state index contributed by atoms with van der Waals surface area (Å²) in [5, 5.41) is 0. The SMILES string of the molecule is C1=CCC=C1.C1=CCC=C1.[Na]. The van der Waals surface area contributed by atoms with Gasteiger partial charge in [0.05, 0.1) is 0 Å². The van der Waals surface area contributed by atoms with Crippen molar-refractivity contribution in [3.8, 4) is 0 Å². The van der Waals surface area contributed by atoms with E-state index in [2.05, 4.69) is 48.6 Å². The van der Waals surface area contributed by atoms with E-state index in [-0.39, 0.29) is 29.6 Å². The Balaban J connectivity index is 0.000000167. The van der Waals surface area contributed by atoms with Gasteiger partial charge < -0.3 is 0 Å². The zero-order valence-electron chi connectivity index (χ0n) is 7.03. The first-order valence-corrected chi connectivity index (χ1v) is 3.63. The van der Waals surface area contributed by atoms with E-state index in [1.54, 1.807) is 0 Å². The van der Waals surface area contributed by atoms with E-state index in [4.69, 9.17) is 0 Å². The Hall–Kier alpha value is -0.0400. The average Bonchev–Trinajstić information content (AvgIpc) is 2.67. The molecule has 0 aromatic heterocycles. The van der Waals surface area contributed by atoms with Crippen molar-refractivity contribution in [3.05, 3.63) is 48.6 Å². The molecule has 0 saturated heterocycles. The average molecular weight is 155 g/mol. The summed E-state index contributed by atoms with van der Waals surface area (Å²) in [4.78, 5) is 0. The van der Waals surface area contributed by atoms with E-state index in [0.717, 1.165) is 12.8 Å². The van der Waals surface area contributed by atoms with E-state index < -0.39 is 0 Å². The van der Waals surface area contributed by atoms with Crippen molar-refractivity contribution in [1.29, 1.82) is 0 Å². The second-order valence-electron chi connectivity index (χ2n) is 2.18. The summed E-state index contributed by atoms with van der Waals surface area (Å²) in [7, 11) is 0. The third kappa shape index (κ3) is 6.36. The Kier molecular flexibility index (Phi) is 8.03. The van der Waals surface area contributed by atoms with Crippen LogP contribution in [-0.4, -0.2) is 29.6 Å². The van der Waals surface area contributed by atoms with Gasteiger partial charge in [-0.2, -0.15) is 0 Å². The third-order valence-corrected chi connectivity index (χ3v) is 1.31. The Labute approximate surface area is 90.7 Å². The molecule has 2 aliphatic rings. The van der Waals surface area contributed by atoms with Gasteiger partial charge >= 0.3 is 0 Å². The van der Waals surface area contributed by atoms with Gasteiger partial charge in [0.2, 0.25) is 0 Å². The molecule has 1 heteroatoms. The molecule has 0 aromatic carbocycles. The van der Waals surface area contributed by atoms with Crippen molar-refractivity contribution < 1.29 is 0 Å². The molecule has 0 spiro atoms. The van der Waals surface area contributed by atoms with Crippen molar-refractivity contribution in [2.24, 2.45) is 0 Å². The van der Waals surface area contributed by atoms with E-state index in [1.165, 1.54) is 0 Å². The van der Waals surface area contributed by atoms with Crippen LogP contribution in [0.5, 0.6) is 0 Å². The zero-order valence-corrected chi connectivity index (χ0v) is 9.03. The number of hydrogen-bond acceptors (Lipinski definition) is 0. The third-order valence-electron chi connectivity index (χ3n) is 1.31. The topological polar surface area (TPSA) is 0 Å². The molecule has 53 valence electrons. The van der Waals surface area contributed by atoms with Crippen molar-refractivity contribution >= 4 is 29.6 Å². The second-order valence-corrected chi connectivity index (χ2v) is 2.18. The minimum atomic E-state index is 0. The first kappa shape index (κ1) is 11.0. The molecule has 0 bridgehead atoms. The van der Waals surface area contributed by atoms with E-state index in [9.17, 15) is 0 Å². The van der Waals surface area contributed by atoms with Gasteiger partial charge in [-0.1, -0.05) is 48.6 Å². The molecule has 2 aliphatic carbocycles. The van der Waals surface area contributed by atoms with Crippen LogP contribution in [0, 0.1) is 0 Å². The molecule has 0 saturated carbocycles. The predicted octanol–water partition coefficient (Wildman–Crippen LogP) is 2.62. The van der Waals surface area contributed by atoms with Gasteiger partial charge in [-0.05, 0) is 12.8 Å². The Morgan fingerprint density at radius 3 is 0.909 bits per heavy atom. The van der Waals surface area contributed by atoms with E-state index in [1.807, 2.05) is 0 Å². The van der Waals surface area contributed by atoms with Crippen LogP contribution in [0.15, 0.2) is 48.6 Å². The largest absolute Gasteiger partial charge is 0.0808 e.